The molecule has 0 amide bonds. The maximum atomic E-state index is 14.4. The second kappa shape index (κ2) is 14.0. The third-order valence-electron chi connectivity index (χ3n) is 8.33. The molecule has 5 aromatic rings. The van der Waals surface area contributed by atoms with E-state index in [9.17, 15) is 14.4 Å². The van der Waals surface area contributed by atoms with Gasteiger partial charge in [-0.3, -0.25) is 23.5 Å². The highest BCUT2D eigenvalue weighted by molar-refractivity contribution is 5.89. The average Bonchev–Trinajstić information content (AvgIpc) is 3.53. The zero-order valence-electron chi connectivity index (χ0n) is 26.0. The van der Waals surface area contributed by atoms with Crippen molar-refractivity contribution in [2.45, 2.75) is 70.6 Å². The normalized spacial score (nSPS) is 15.6. The van der Waals surface area contributed by atoms with Gasteiger partial charge in [0.2, 0.25) is 0 Å². The molecule has 46 heavy (non-hydrogen) atoms. The molecule has 2 aromatic carbocycles. The van der Waals surface area contributed by atoms with Crippen LogP contribution in [0.2, 0.25) is 0 Å². The van der Waals surface area contributed by atoms with Crippen LogP contribution in [-0.2, 0) is 25.5 Å². The minimum atomic E-state index is -0.421. The van der Waals surface area contributed by atoms with Crippen LogP contribution in [0.5, 0.6) is 0 Å². The Morgan fingerprint density at radius 3 is 2.67 bits per heavy atom. The van der Waals surface area contributed by atoms with Crippen molar-refractivity contribution in [2.75, 3.05) is 19.0 Å². The van der Waals surface area contributed by atoms with Crippen molar-refractivity contribution in [1.82, 2.24) is 29.1 Å². The highest BCUT2D eigenvalue weighted by Gasteiger charge is 2.25. The monoisotopic (exact) mass is 623 g/mol. The van der Waals surface area contributed by atoms with E-state index in [0.717, 1.165) is 19.3 Å². The number of fused-ring (bicyclic) bond motifs is 2. The molecule has 0 spiro atoms. The fourth-order valence-electron chi connectivity index (χ4n) is 5.98. The first-order chi connectivity index (χ1) is 22.5. The Morgan fingerprint density at radius 2 is 1.91 bits per heavy atom. The molecule has 2 atom stereocenters. The lowest BCUT2D eigenvalue weighted by molar-refractivity contribution is -0.140. The zero-order chi connectivity index (χ0) is 32.0. The number of imidazole rings is 1. The predicted octanol–water partition coefficient (Wildman–Crippen LogP) is 5.24. The number of carbonyl (C=O) groups is 2. The summed E-state index contributed by atoms with van der Waals surface area (Å²) in [6, 6.07) is 14.3. The van der Waals surface area contributed by atoms with E-state index in [0.29, 0.717) is 64.4 Å². The van der Waals surface area contributed by atoms with E-state index in [2.05, 4.69) is 25.0 Å². The summed E-state index contributed by atoms with van der Waals surface area (Å²) in [4.78, 5) is 57.6. The van der Waals surface area contributed by atoms with Gasteiger partial charge < -0.3 is 14.8 Å². The van der Waals surface area contributed by atoms with Crippen LogP contribution < -0.4 is 10.9 Å². The summed E-state index contributed by atoms with van der Waals surface area (Å²) < 4.78 is 14.2. The molecular formula is C34H37N7O5. The number of methoxy groups -OCH3 is 1. The van der Waals surface area contributed by atoms with E-state index >= 15 is 0 Å². The summed E-state index contributed by atoms with van der Waals surface area (Å²) in [6.45, 7) is 2.72. The molecule has 0 bridgehead atoms. The fourth-order valence-corrected chi connectivity index (χ4v) is 5.98. The number of hydrogen-bond donors (Lipinski definition) is 1. The zero-order valence-corrected chi connectivity index (χ0v) is 26.0. The summed E-state index contributed by atoms with van der Waals surface area (Å²) in [5.41, 5.74) is 2.77. The standard InChI is InChI=1S/C34H37N7O5/c1-3-25(38-31-30-33(36-20-35-31)40(21-37-30)27-16-7-8-18-46-27)32-39-26-15-9-11-22(19-24(42)14-10-17-28(43)45-2)29(26)34(44)41(32)23-12-5-4-6-13-23/h4-6,9,11-13,15,20-21,25,27H,3,7-8,10,14,16-19H2,1-2H3,(H,35,36,38)/t25-,27?/m0/s1. The number of esters is 1. The van der Waals surface area contributed by atoms with Crippen molar-refractivity contribution in [1.29, 1.82) is 0 Å². The van der Waals surface area contributed by atoms with Crippen LogP contribution in [0.25, 0.3) is 27.8 Å². The number of hydrogen-bond acceptors (Lipinski definition) is 10. The van der Waals surface area contributed by atoms with Gasteiger partial charge in [0.1, 0.15) is 24.2 Å². The van der Waals surface area contributed by atoms with Gasteiger partial charge >= 0.3 is 5.97 Å². The second-order valence-electron chi connectivity index (χ2n) is 11.4. The minimum Gasteiger partial charge on any atom is -0.469 e. The van der Waals surface area contributed by atoms with Gasteiger partial charge in [0.25, 0.3) is 5.56 Å². The number of para-hydroxylation sites is 1. The van der Waals surface area contributed by atoms with E-state index in [4.69, 9.17) is 9.72 Å². The third-order valence-corrected chi connectivity index (χ3v) is 8.33. The molecule has 0 aliphatic carbocycles. The largest absolute Gasteiger partial charge is 0.469 e. The number of Topliss-reactive ketones (excluding diaryl/α,β-unsaturated/α-hetero) is 1. The Bertz CT molecular complexity index is 1910. The molecule has 1 unspecified atom stereocenters. The number of nitrogens with one attached hydrogen (secondary N) is 1. The summed E-state index contributed by atoms with van der Waals surface area (Å²) in [7, 11) is 1.33. The van der Waals surface area contributed by atoms with Crippen molar-refractivity contribution in [3.8, 4) is 5.69 Å². The van der Waals surface area contributed by atoms with Crippen LogP contribution in [0.4, 0.5) is 5.82 Å². The molecule has 0 saturated carbocycles. The van der Waals surface area contributed by atoms with Crippen LogP contribution in [0.1, 0.15) is 75.5 Å². The summed E-state index contributed by atoms with van der Waals surface area (Å²) >= 11 is 0. The Morgan fingerprint density at radius 1 is 1.07 bits per heavy atom. The number of nitrogens with zero attached hydrogens (tertiary/aromatic N) is 6. The van der Waals surface area contributed by atoms with Crippen molar-refractivity contribution < 1.29 is 19.1 Å². The Hall–Kier alpha value is -4.97. The second-order valence-corrected chi connectivity index (χ2v) is 11.4. The van der Waals surface area contributed by atoms with Crippen LogP contribution in [-0.4, -0.2) is 54.5 Å². The molecule has 4 heterocycles. The summed E-state index contributed by atoms with van der Waals surface area (Å²) in [6.07, 6.45) is 7.55. The lowest BCUT2D eigenvalue weighted by Crippen LogP contribution is -2.29. The molecule has 0 radical (unpaired) electrons. The van der Waals surface area contributed by atoms with E-state index in [1.165, 1.54) is 13.4 Å². The maximum absolute atomic E-state index is 14.4. The smallest absolute Gasteiger partial charge is 0.305 e. The SMILES string of the molecule is CC[C@H](Nc1ncnc2c1ncn2C1CCCCO1)c1nc2cccc(CC(=O)CCCC(=O)OC)c2c(=O)n1-c1ccccc1. The Labute approximate surface area is 265 Å². The van der Waals surface area contributed by atoms with E-state index in [-0.39, 0.29) is 42.8 Å². The number of ketones is 1. The van der Waals surface area contributed by atoms with Gasteiger partial charge in [-0.05, 0) is 55.9 Å². The highest BCUT2D eigenvalue weighted by Crippen LogP contribution is 2.30. The van der Waals surface area contributed by atoms with Gasteiger partial charge in [-0.15, -0.1) is 0 Å². The number of aromatic nitrogens is 6. The van der Waals surface area contributed by atoms with Crippen molar-refractivity contribution in [3.05, 3.63) is 82.9 Å². The van der Waals surface area contributed by atoms with Gasteiger partial charge in [0, 0.05) is 25.9 Å². The first-order valence-electron chi connectivity index (χ1n) is 15.7. The Kier molecular flexibility index (Phi) is 9.43. The van der Waals surface area contributed by atoms with E-state index in [1.807, 2.05) is 47.9 Å². The van der Waals surface area contributed by atoms with E-state index < -0.39 is 6.04 Å². The topological polar surface area (TPSA) is 143 Å². The third kappa shape index (κ3) is 6.38. The molecule has 1 N–H and O–H groups in total. The summed E-state index contributed by atoms with van der Waals surface area (Å²) in [5.74, 6) is 0.625. The first kappa shape index (κ1) is 31.0. The predicted molar refractivity (Wildman–Crippen MR) is 173 cm³/mol. The number of rotatable bonds is 12. The number of benzene rings is 2. The van der Waals surface area contributed by atoms with Crippen molar-refractivity contribution in [3.63, 3.8) is 0 Å². The highest BCUT2D eigenvalue weighted by atomic mass is 16.5. The lowest BCUT2D eigenvalue weighted by atomic mass is 10.0. The van der Waals surface area contributed by atoms with Gasteiger partial charge in [-0.1, -0.05) is 37.3 Å². The number of ether oxygens (including phenoxy) is 2. The number of anilines is 1. The lowest BCUT2D eigenvalue weighted by Gasteiger charge is -2.24. The molecule has 1 saturated heterocycles. The quantitative estimate of drug-likeness (QED) is 0.183. The average molecular weight is 624 g/mol. The minimum absolute atomic E-state index is 0.0608. The molecule has 238 valence electrons. The van der Waals surface area contributed by atoms with Crippen LogP contribution in [0, 0.1) is 0 Å². The molecule has 1 aliphatic heterocycles. The maximum Gasteiger partial charge on any atom is 0.305 e. The van der Waals surface area contributed by atoms with Crippen molar-refractivity contribution >= 4 is 39.6 Å². The molecule has 12 heteroatoms. The summed E-state index contributed by atoms with van der Waals surface area (Å²) in [5, 5.41) is 3.90. The van der Waals surface area contributed by atoms with Crippen LogP contribution in [0.15, 0.2) is 66.0 Å². The fraction of sp³-hybridized carbons (Fsp3) is 0.382. The van der Waals surface area contributed by atoms with Crippen LogP contribution in [0.3, 0.4) is 0 Å². The van der Waals surface area contributed by atoms with Crippen LogP contribution >= 0.6 is 0 Å². The molecule has 1 aliphatic rings. The molecule has 12 nitrogen and oxygen atoms in total. The molecular weight excluding hydrogens is 586 g/mol. The van der Waals surface area contributed by atoms with E-state index in [1.54, 1.807) is 23.0 Å². The van der Waals surface area contributed by atoms with Gasteiger partial charge in [0.15, 0.2) is 17.0 Å². The molecule has 1 fully saturated rings. The van der Waals surface area contributed by atoms with Gasteiger partial charge in [0.05, 0.1) is 36.1 Å². The van der Waals surface area contributed by atoms with Gasteiger partial charge in [-0.2, -0.15) is 0 Å². The van der Waals surface area contributed by atoms with Gasteiger partial charge in [-0.25, -0.2) is 19.9 Å². The number of carbonyl (C=O) groups excluding carboxylic acids is 2. The van der Waals surface area contributed by atoms with Crippen molar-refractivity contribution in [2.24, 2.45) is 0 Å². The molecule has 6 rings (SSSR count). The first-order valence-corrected chi connectivity index (χ1v) is 15.7. The Balaban J connectivity index is 1.39. The molecule has 3 aromatic heterocycles.